The van der Waals surface area contributed by atoms with Gasteiger partial charge < -0.3 is 9.52 Å². The fraction of sp³-hybridized carbons (Fsp3) is 0.500. The number of hydrogen-bond acceptors (Lipinski definition) is 4. The first-order valence-corrected chi connectivity index (χ1v) is 6.47. The normalized spacial score (nSPS) is 14.5. The third kappa shape index (κ3) is 3.04. The zero-order chi connectivity index (χ0) is 11.6. The van der Waals surface area contributed by atoms with Crippen molar-refractivity contribution >= 4 is 26.0 Å². The molecule has 0 aliphatic heterocycles. The second kappa shape index (κ2) is 4.65. The average Bonchev–Trinajstić information content (AvgIpc) is 2.50. The molecule has 0 saturated carbocycles. The number of aliphatic hydroxyl groups is 1. The van der Waals surface area contributed by atoms with Gasteiger partial charge in [0.2, 0.25) is 5.09 Å². The maximum absolute atomic E-state index is 11.8. The molecule has 86 valence electrons. The highest BCUT2D eigenvalue weighted by molar-refractivity contribution is 9.10. The molecule has 1 heterocycles. The Morgan fingerprint density at radius 2 is 2.20 bits per heavy atom. The Morgan fingerprint density at radius 1 is 1.60 bits per heavy atom. The van der Waals surface area contributed by atoms with Crippen LogP contribution in [0, 0.1) is 0 Å². The molecule has 0 fully saturated rings. The molecule has 0 aliphatic rings. The first-order valence-electron chi connectivity index (χ1n) is 4.24. The number of nitrogens with zero attached hydrogens (tertiary/aromatic N) is 1. The SMILES string of the molecule is C[C@@H](O)CN(C)S(=O)(=O)c1ccc(Br)o1. The van der Waals surface area contributed by atoms with Crippen molar-refractivity contribution < 1.29 is 17.9 Å². The lowest BCUT2D eigenvalue weighted by molar-refractivity contribution is 0.170. The Labute approximate surface area is 96.9 Å². The van der Waals surface area contributed by atoms with Crippen LogP contribution in [0.5, 0.6) is 0 Å². The van der Waals surface area contributed by atoms with Gasteiger partial charge in [0, 0.05) is 13.6 Å². The topological polar surface area (TPSA) is 70.8 Å². The van der Waals surface area contributed by atoms with Crippen LogP contribution in [0.15, 0.2) is 26.3 Å². The second-order valence-corrected chi connectivity index (χ2v) is 5.95. The Morgan fingerprint density at radius 3 is 2.60 bits per heavy atom. The van der Waals surface area contributed by atoms with Gasteiger partial charge in [-0.25, -0.2) is 8.42 Å². The zero-order valence-corrected chi connectivity index (χ0v) is 10.7. The number of rotatable bonds is 4. The van der Waals surface area contributed by atoms with E-state index in [0.29, 0.717) is 4.67 Å². The van der Waals surface area contributed by atoms with Crippen LogP contribution >= 0.6 is 15.9 Å². The van der Waals surface area contributed by atoms with Gasteiger partial charge in [0.1, 0.15) is 0 Å². The number of hydrogen-bond donors (Lipinski definition) is 1. The van der Waals surface area contributed by atoms with E-state index in [-0.39, 0.29) is 11.6 Å². The highest BCUT2D eigenvalue weighted by Crippen LogP contribution is 2.21. The standard InChI is InChI=1S/C8H12BrNO4S/c1-6(11)5-10(2)15(12,13)8-4-3-7(9)14-8/h3-4,6,11H,5H2,1-2H3/t6-/m1/s1. The van der Waals surface area contributed by atoms with Crippen LogP contribution in [0.3, 0.4) is 0 Å². The van der Waals surface area contributed by atoms with Crippen LogP contribution in [0.2, 0.25) is 0 Å². The van der Waals surface area contributed by atoms with Gasteiger partial charge in [0.05, 0.1) is 6.10 Å². The highest BCUT2D eigenvalue weighted by Gasteiger charge is 2.25. The Kier molecular flexibility index (Phi) is 3.93. The molecule has 15 heavy (non-hydrogen) atoms. The predicted molar refractivity (Wildman–Crippen MR) is 57.9 cm³/mol. The largest absolute Gasteiger partial charge is 0.437 e. The Balaban J connectivity index is 2.93. The van der Waals surface area contributed by atoms with Crippen LogP contribution in [0.1, 0.15) is 6.92 Å². The maximum Gasteiger partial charge on any atom is 0.276 e. The van der Waals surface area contributed by atoms with E-state index < -0.39 is 16.1 Å². The summed E-state index contributed by atoms with van der Waals surface area (Å²) in [5.41, 5.74) is 0. The third-order valence-corrected chi connectivity index (χ3v) is 3.86. The number of aliphatic hydroxyl groups excluding tert-OH is 1. The molecule has 1 rings (SSSR count). The summed E-state index contributed by atoms with van der Waals surface area (Å²) in [6, 6.07) is 2.86. The van der Waals surface area contributed by atoms with Crippen molar-refractivity contribution in [3.8, 4) is 0 Å². The lowest BCUT2D eigenvalue weighted by Gasteiger charge is -2.16. The van der Waals surface area contributed by atoms with Gasteiger partial charge in [-0.2, -0.15) is 4.31 Å². The molecule has 1 aromatic heterocycles. The van der Waals surface area contributed by atoms with E-state index >= 15 is 0 Å². The first-order chi connectivity index (χ1) is 6.84. The molecule has 7 heteroatoms. The second-order valence-electron chi connectivity index (χ2n) is 3.19. The van der Waals surface area contributed by atoms with Crippen LogP contribution in [0.4, 0.5) is 0 Å². The maximum atomic E-state index is 11.8. The predicted octanol–water partition coefficient (Wildman–Crippen LogP) is 1.04. The molecule has 0 amide bonds. The minimum Gasteiger partial charge on any atom is -0.437 e. The first kappa shape index (κ1) is 12.7. The molecule has 0 spiro atoms. The number of likely N-dealkylation sites (N-methyl/N-ethyl adjacent to an activating group) is 1. The van der Waals surface area contributed by atoms with E-state index in [1.54, 1.807) is 0 Å². The van der Waals surface area contributed by atoms with Crippen molar-refractivity contribution in [2.45, 2.75) is 18.1 Å². The Bertz CT molecular complexity index is 426. The molecule has 1 aromatic rings. The minimum atomic E-state index is -3.64. The van der Waals surface area contributed by atoms with E-state index in [2.05, 4.69) is 15.9 Å². The summed E-state index contributed by atoms with van der Waals surface area (Å²) >= 11 is 3.03. The minimum absolute atomic E-state index is 0.0284. The van der Waals surface area contributed by atoms with Gasteiger partial charge in [-0.15, -0.1) is 0 Å². The van der Waals surface area contributed by atoms with Crippen molar-refractivity contribution in [2.75, 3.05) is 13.6 Å². The molecule has 0 aliphatic carbocycles. The van der Waals surface area contributed by atoms with E-state index in [4.69, 9.17) is 9.52 Å². The van der Waals surface area contributed by atoms with Gasteiger partial charge in [-0.1, -0.05) is 0 Å². The highest BCUT2D eigenvalue weighted by atomic mass is 79.9. The summed E-state index contributed by atoms with van der Waals surface area (Å²) in [4.78, 5) is 0. The third-order valence-electron chi connectivity index (χ3n) is 1.73. The molecule has 0 unspecified atom stereocenters. The van der Waals surface area contributed by atoms with Gasteiger partial charge >= 0.3 is 0 Å². The van der Waals surface area contributed by atoms with E-state index in [9.17, 15) is 8.42 Å². The van der Waals surface area contributed by atoms with Crippen LogP contribution < -0.4 is 0 Å². The van der Waals surface area contributed by atoms with Crippen molar-refractivity contribution in [3.05, 3.63) is 16.8 Å². The molecular weight excluding hydrogens is 286 g/mol. The van der Waals surface area contributed by atoms with E-state index in [0.717, 1.165) is 4.31 Å². The van der Waals surface area contributed by atoms with Gasteiger partial charge in [-0.05, 0) is 35.0 Å². The van der Waals surface area contributed by atoms with Gasteiger partial charge in [0.25, 0.3) is 10.0 Å². The number of furan rings is 1. The van der Waals surface area contributed by atoms with Crippen LogP contribution in [-0.2, 0) is 10.0 Å². The fourth-order valence-electron chi connectivity index (χ4n) is 1.06. The fourth-order valence-corrected chi connectivity index (χ4v) is 2.63. The van der Waals surface area contributed by atoms with Crippen molar-refractivity contribution in [1.82, 2.24) is 4.31 Å². The summed E-state index contributed by atoms with van der Waals surface area (Å²) < 4.78 is 29.9. The van der Waals surface area contributed by atoms with Crippen molar-refractivity contribution in [2.24, 2.45) is 0 Å². The monoisotopic (exact) mass is 297 g/mol. The number of halogens is 1. The van der Waals surface area contributed by atoms with Crippen LogP contribution in [-0.4, -0.2) is 37.5 Å². The molecule has 1 N–H and O–H groups in total. The molecule has 0 radical (unpaired) electrons. The Hall–Kier alpha value is -0.370. The summed E-state index contributed by atoms with van der Waals surface area (Å²) in [7, 11) is -2.25. The smallest absolute Gasteiger partial charge is 0.276 e. The van der Waals surface area contributed by atoms with Gasteiger partial charge in [-0.3, -0.25) is 0 Å². The molecule has 1 atom stereocenters. The van der Waals surface area contributed by atoms with Crippen molar-refractivity contribution in [3.63, 3.8) is 0 Å². The zero-order valence-electron chi connectivity index (χ0n) is 8.34. The summed E-state index contributed by atoms with van der Waals surface area (Å²) in [6.07, 6.45) is -0.719. The van der Waals surface area contributed by atoms with Crippen molar-refractivity contribution in [1.29, 1.82) is 0 Å². The quantitative estimate of drug-likeness (QED) is 0.901. The lowest BCUT2D eigenvalue weighted by atomic mass is 10.4. The van der Waals surface area contributed by atoms with E-state index in [1.165, 1.54) is 26.1 Å². The summed E-state index contributed by atoms with van der Waals surface area (Å²) in [5, 5.41) is 8.95. The molecule has 5 nitrogen and oxygen atoms in total. The number of sulfonamides is 1. The molecule has 0 bridgehead atoms. The van der Waals surface area contributed by atoms with Crippen LogP contribution in [0.25, 0.3) is 0 Å². The van der Waals surface area contributed by atoms with E-state index in [1.807, 2.05) is 0 Å². The molecular formula is C8H12BrNO4S. The van der Waals surface area contributed by atoms with Gasteiger partial charge in [0.15, 0.2) is 4.67 Å². The lowest BCUT2D eigenvalue weighted by Crippen LogP contribution is -2.32. The molecule has 0 saturated heterocycles. The summed E-state index contributed by atoms with van der Waals surface area (Å²) in [5.74, 6) is 0. The average molecular weight is 298 g/mol. The molecule has 0 aromatic carbocycles. The summed E-state index contributed by atoms with van der Waals surface area (Å²) in [6.45, 7) is 1.55.